The molecule has 0 aliphatic carbocycles. The van der Waals surface area contributed by atoms with Gasteiger partial charge < -0.3 is 19.9 Å². The lowest BCUT2D eigenvalue weighted by molar-refractivity contribution is -0.134. The van der Waals surface area contributed by atoms with Crippen molar-refractivity contribution in [3.63, 3.8) is 0 Å². The molecule has 2 aromatic rings. The first-order valence-electron chi connectivity index (χ1n) is 10.4. The number of anilines is 1. The van der Waals surface area contributed by atoms with Gasteiger partial charge in [-0.05, 0) is 48.7 Å². The van der Waals surface area contributed by atoms with Crippen LogP contribution >= 0.6 is 0 Å². The van der Waals surface area contributed by atoms with E-state index in [9.17, 15) is 9.59 Å². The van der Waals surface area contributed by atoms with Crippen LogP contribution in [-0.2, 0) is 4.79 Å². The van der Waals surface area contributed by atoms with Crippen LogP contribution < -0.4 is 15.0 Å². The highest BCUT2D eigenvalue weighted by molar-refractivity contribution is 5.98. The first-order chi connectivity index (χ1) is 14.4. The van der Waals surface area contributed by atoms with Crippen molar-refractivity contribution in [3.05, 3.63) is 59.7 Å². The van der Waals surface area contributed by atoms with Crippen molar-refractivity contribution in [1.82, 2.24) is 10.2 Å². The van der Waals surface area contributed by atoms with Crippen LogP contribution in [0.1, 0.15) is 29.8 Å². The highest BCUT2D eigenvalue weighted by Crippen LogP contribution is 2.21. The van der Waals surface area contributed by atoms with Gasteiger partial charge in [0.2, 0.25) is 5.91 Å². The zero-order valence-corrected chi connectivity index (χ0v) is 18.2. The van der Waals surface area contributed by atoms with Gasteiger partial charge in [-0.3, -0.25) is 9.59 Å². The van der Waals surface area contributed by atoms with E-state index >= 15 is 0 Å². The first-order valence-corrected chi connectivity index (χ1v) is 10.4. The fourth-order valence-electron chi connectivity index (χ4n) is 3.73. The van der Waals surface area contributed by atoms with Crippen molar-refractivity contribution >= 4 is 17.5 Å². The average Bonchev–Trinajstić information content (AvgIpc) is 2.77. The highest BCUT2D eigenvalue weighted by Gasteiger charge is 2.31. The summed E-state index contributed by atoms with van der Waals surface area (Å²) in [4.78, 5) is 30.1. The average molecular weight is 410 g/mol. The van der Waals surface area contributed by atoms with Gasteiger partial charge in [0.15, 0.2) is 0 Å². The summed E-state index contributed by atoms with van der Waals surface area (Å²) in [5.74, 6) is 0.625. The lowest BCUT2D eigenvalue weighted by atomic mass is 10.0. The summed E-state index contributed by atoms with van der Waals surface area (Å²) in [5.41, 5.74) is 2.63. The molecule has 0 saturated carbocycles. The molecule has 6 heteroatoms. The van der Waals surface area contributed by atoms with Crippen molar-refractivity contribution < 1.29 is 14.3 Å². The standard InChI is InChI=1S/C24H31N3O3/c1-17(2)22(25-23(28)21-8-6-5-7-18(21)3)24(29)27-15-13-26(14-16-27)19-9-11-20(30-4)12-10-19/h5-12,17,22H,13-16H2,1-4H3,(H,25,28). The smallest absolute Gasteiger partial charge is 0.252 e. The molecule has 6 nitrogen and oxygen atoms in total. The zero-order chi connectivity index (χ0) is 21.7. The number of nitrogens with zero attached hydrogens (tertiary/aromatic N) is 2. The predicted octanol–water partition coefficient (Wildman–Crippen LogP) is 3.11. The lowest BCUT2D eigenvalue weighted by Gasteiger charge is -2.38. The summed E-state index contributed by atoms with van der Waals surface area (Å²) >= 11 is 0. The molecule has 1 heterocycles. The number of methoxy groups -OCH3 is 1. The van der Waals surface area contributed by atoms with Gasteiger partial charge in [-0.25, -0.2) is 0 Å². The first kappa shape index (κ1) is 21.7. The summed E-state index contributed by atoms with van der Waals surface area (Å²) in [6.07, 6.45) is 0. The van der Waals surface area contributed by atoms with Crippen molar-refractivity contribution in [1.29, 1.82) is 0 Å². The second-order valence-electron chi connectivity index (χ2n) is 8.02. The molecular formula is C24H31N3O3. The molecule has 0 spiro atoms. The maximum Gasteiger partial charge on any atom is 0.252 e. The third kappa shape index (κ3) is 4.93. The predicted molar refractivity (Wildman–Crippen MR) is 119 cm³/mol. The number of benzene rings is 2. The zero-order valence-electron chi connectivity index (χ0n) is 18.2. The summed E-state index contributed by atoms with van der Waals surface area (Å²) in [7, 11) is 1.66. The molecule has 0 radical (unpaired) electrons. The molecule has 0 bridgehead atoms. The fraction of sp³-hybridized carbons (Fsp3) is 0.417. The van der Waals surface area contributed by atoms with Gasteiger partial charge in [0.05, 0.1) is 7.11 Å². The van der Waals surface area contributed by atoms with Gasteiger partial charge >= 0.3 is 0 Å². The maximum atomic E-state index is 13.2. The van der Waals surface area contributed by atoms with Crippen LogP contribution in [0.25, 0.3) is 0 Å². The molecule has 1 atom stereocenters. The number of nitrogens with one attached hydrogen (secondary N) is 1. The van der Waals surface area contributed by atoms with E-state index in [4.69, 9.17) is 4.74 Å². The minimum atomic E-state index is -0.537. The Morgan fingerprint density at radius 1 is 0.967 bits per heavy atom. The Balaban J connectivity index is 1.62. The van der Waals surface area contributed by atoms with Crippen LogP contribution in [0.4, 0.5) is 5.69 Å². The van der Waals surface area contributed by atoms with Crippen LogP contribution in [0.2, 0.25) is 0 Å². The Labute approximate surface area is 178 Å². The van der Waals surface area contributed by atoms with Crippen molar-refractivity contribution in [2.24, 2.45) is 5.92 Å². The van der Waals surface area contributed by atoms with Crippen molar-refractivity contribution in [3.8, 4) is 5.75 Å². The van der Waals surface area contributed by atoms with Crippen LogP contribution in [0.5, 0.6) is 5.75 Å². The van der Waals surface area contributed by atoms with E-state index in [1.807, 2.05) is 68.1 Å². The van der Waals surface area contributed by atoms with E-state index in [0.717, 1.165) is 30.1 Å². The molecule has 1 saturated heterocycles. The number of hydrogen-bond donors (Lipinski definition) is 1. The summed E-state index contributed by atoms with van der Waals surface area (Å²) in [5, 5.41) is 2.97. The summed E-state index contributed by atoms with van der Waals surface area (Å²) in [6, 6.07) is 14.9. The molecule has 1 aliphatic heterocycles. The number of ether oxygens (including phenoxy) is 1. The van der Waals surface area contributed by atoms with Gasteiger partial charge in [-0.15, -0.1) is 0 Å². The number of hydrogen-bond acceptors (Lipinski definition) is 4. The number of carbonyl (C=O) groups excluding carboxylic acids is 2. The summed E-state index contributed by atoms with van der Waals surface area (Å²) < 4.78 is 5.22. The SMILES string of the molecule is COc1ccc(N2CCN(C(=O)C(NC(=O)c3ccccc3C)C(C)C)CC2)cc1. The molecule has 2 amide bonds. The van der Waals surface area contributed by atoms with Gasteiger partial charge in [-0.1, -0.05) is 32.0 Å². The number of piperazine rings is 1. The quantitative estimate of drug-likeness (QED) is 0.796. The molecule has 2 aromatic carbocycles. The third-order valence-electron chi connectivity index (χ3n) is 5.64. The van der Waals surface area contributed by atoms with E-state index in [-0.39, 0.29) is 17.7 Å². The van der Waals surface area contributed by atoms with Gasteiger partial charge in [0, 0.05) is 37.4 Å². The van der Waals surface area contributed by atoms with Crippen molar-refractivity contribution in [2.75, 3.05) is 38.2 Å². The van der Waals surface area contributed by atoms with E-state index in [2.05, 4.69) is 10.2 Å². The van der Waals surface area contributed by atoms with E-state index < -0.39 is 6.04 Å². The Hall–Kier alpha value is -3.02. The topological polar surface area (TPSA) is 61.9 Å². The molecule has 3 rings (SSSR count). The molecule has 160 valence electrons. The van der Waals surface area contributed by atoms with Crippen molar-refractivity contribution in [2.45, 2.75) is 26.8 Å². The third-order valence-corrected chi connectivity index (χ3v) is 5.64. The molecular weight excluding hydrogens is 378 g/mol. The normalized spacial score (nSPS) is 15.1. The number of rotatable bonds is 6. The molecule has 1 fully saturated rings. The minimum Gasteiger partial charge on any atom is -0.497 e. The van der Waals surface area contributed by atoms with Gasteiger partial charge in [-0.2, -0.15) is 0 Å². The fourth-order valence-corrected chi connectivity index (χ4v) is 3.73. The van der Waals surface area contributed by atoms with E-state index in [1.54, 1.807) is 13.2 Å². The number of aryl methyl sites for hydroxylation is 1. The Kier molecular flexibility index (Phi) is 6.98. The number of amides is 2. The molecule has 0 aromatic heterocycles. The second kappa shape index (κ2) is 9.65. The van der Waals surface area contributed by atoms with Crippen LogP contribution in [0.15, 0.2) is 48.5 Å². The van der Waals surface area contributed by atoms with Crippen LogP contribution in [0.3, 0.4) is 0 Å². The number of carbonyl (C=O) groups is 2. The lowest BCUT2D eigenvalue weighted by Crippen LogP contribution is -2.56. The van der Waals surface area contributed by atoms with E-state index in [1.165, 1.54) is 0 Å². The maximum absolute atomic E-state index is 13.2. The summed E-state index contributed by atoms with van der Waals surface area (Å²) in [6.45, 7) is 8.62. The Bertz CT molecular complexity index is 872. The van der Waals surface area contributed by atoms with Crippen LogP contribution in [0, 0.1) is 12.8 Å². The molecule has 1 N–H and O–H groups in total. The van der Waals surface area contributed by atoms with Gasteiger partial charge in [0.25, 0.3) is 5.91 Å². The Morgan fingerprint density at radius 3 is 2.17 bits per heavy atom. The van der Waals surface area contributed by atoms with Gasteiger partial charge in [0.1, 0.15) is 11.8 Å². The second-order valence-corrected chi connectivity index (χ2v) is 8.02. The van der Waals surface area contributed by atoms with E-state index in [0.29, 0.717) is 18.7 Å². The van der Waals surface area contributed by atoms with Crippen LogP contribution in [-0.4, -0.2) is 56.0 Å². The molecule has 1 aliphatic rings. The highest BCUT2D eigenvalue weighted by atomic mass is 16.5. The minimum absolute atomic E-state index is 0.00471. The molecule has 1 unspecified atom stereocenters. The Morgan fingerprint density at radius 2 is 1.60 bits per heavy atom. The largest absolute Gasteiger partial charge is 0.497 e. The monoisotopic (exact) mass is 409 g/mol. The molecule has 30 heavy (non-hydrogen) atoms.